The Kier molecular flexibility index (Phi) is 8.16. The minimum absolute atomic E-state index is 0. The van der Waals surface area contributed by atoms with E-state index in [4.69, 9.17) is 19.1 Å². The molecule has 1 unspecified atom stereocenters. The van der Waals surface area contributed by atoms with Gasteiger partial charge in [-0.1, -0.05) is 118 Å². The molecule has 9 rings (SSSR count). The summed E-state index contributed by atoms with van der Waals surface area (Å²) in [5.41, 5.74) is 10.5. The summed E-state index contributed by atoms with van der Waals surface area (Å²) in [6, 6.07) is 44.9. The van der Waals surface area contributed by atoms with Crippen LogP contribution in [0.4, 0.5) is 5.69 Å². The van der Waals surface area contributed by atoms with Gasteiger partial charge in [0, 0.05) is 23.3 Å². The molecule has 0 saturated heterocycles. The summed E-state index contributed by atoms with van der Waals surface area (Å²) in [4.78, 5) is 10.0. The van der Waals surface area contributed by atoms with Crippen LogP contribution in [0.2, 0.25) is 0 Å². The van der Waals surface area contributed by atoms with Gasteiger partial charge in [0.1, 0.15) is 5.58 Å². The average molecular weight is 830 g/mol. The van der Waals surface area contributed by atoms with Crippen molar-refractivity contribution in [2.75, 3.05) is 0 Å². The van der Waals surface area contributed by atoms with E-state index in [1.807, 2.05) is 42.6 Å². The number of benzene rings is 6. The molecule has 50 heavy (non-hydrogen) atoms. The summed E-state index contributed by atoms with van der Waals surface area (Å²) in [5.74, 6) is 1.78. The van der Waals surface area contributed by atoms with Gasteiger partial charge in [0.15, 0.2) is 0 Å². The summed E-state index contributed by atoms with van der Waals surface area (Å²) in [5, 5.41) is 4.99. The molecule has 0 spiro atoms. The summed E-state index contributed by atoms with van der Waals surface area (Å²) in [6.07, 6.45) is 1.82. The zero-order chi connectivity index (χ0) is 33.2. The molecule has 4 nitrogen and oxygen atoms in total. The van der Waals surface area contributed by atoms with Crippen molar-refractivity contribution in [1.29, 1.82) is 0 Å². The third-order valence-corrected chi connectivity index (χ3v) is 9.81. The number of hydrogen-bond acceptors (Lipinski definition) is 4. The normalized spacial score (nSPS) is 14.1. The van der Waals surface area contributed by atoms with Gasteiger partial charge >= 0.3 is 21.1 Å². The number of nitrogens with zero attached hydrogens (tertiary/aromatic N) is 2. The van der Waals surface area contributed by atoms with Crippen LogP contribution < -0.4 is 4.74 Å². The van der Waals surface area contributed by atoms with Crippen molar-refractivity contribution in [2.24, 2.45) is 4.99 Å². The van der Waals surface area contributed by atoms with Crippen LogP contribution in [-0.4, -0.2) is 10.7 Å². The number of furan rings is 1. The Labute approximate surface area is 306 Å². The van der Waals surface area contributed by atoms with E-state index in [1.54, 1.807) is 0 Å². The first-order valence-electron chi connectivity index (χ1n) is 17.0. The monoisotopic (exact) mass is 829 g/mol. The molecule has 6 aromatic carbocycles. The predicted molar refractivity (Wildman–Crippen MR) is 200 cm³/mol. The molecule has 2 aromatic heterocycles. The maximum Gasteiger partial charge on any atom is 2.00 e. The van der Waals surface area contributed by atoms with Crippen LogP contribution in [0, 0.1) is 12.1 Å². The zero-order valence-electron chi connectivity index (χ0n) is 28.2. The second-order valence-corrected chi connectivity index (χ2v) is 13.5. The van der Waals surface area contributed by atoms with Gasteiger partial charge in [-0.3, -0.25) is 4.99 Å². The number of hydrogen-bond donors (Lipinski definition) is 0. The minimum Gasteiger partial charge on any atom is -0.497 e. The van der Waals surface area contributed by atoms with Gasteiger partial charge in [0.05, 0.1) is 17.0 Å². The fourth-order valence-electron chi connectivity index (χ4n) is 7.59. The molecule has 5 heteroatoms. The van der Waals surface area contributed by atoms with Gasteiger partial charge in [-0.15, -0.1) is 29.1 Å². The van der Waals surface area contributed by atoms with E-state index in [0.29, 0.717) is 28.9 Å². The average Bonchev–Trinajstić information content (AvgIpc) is 3.71. The van der Waals surface area contributed by atoms with E-state index in [1.165, 1.54) is 22.3 Å². The second kappa shape index (κ2) is 12.7. The van der Waals surface area contributed by atoms with Gasteiger partial charge in [0.25, 0.3) is 0 Å². The number of rotatable bonds is 6. The first-order valence-corrected chi connectivity index (χ1v) is 17.0. The summed E-state index contributed by atoms with van der Waals surface area (Å²) in [7, 11) is 0. The van der Waals surface area contributed by atoms with Gasteiger partial charge < -0.3 is 14.1 Å². The fourth-order valence-corrected chi connectivity index (χ4v) is 7.59. The largest absolute Gasteiger partial charge is 2.00 e. The molecule has 0 bridgehead atoms. The quantitative estimate of drug-likeness (QED) is 0.124. The number of ether oxygens (including phenoxy) is 1. The van der Waals surface area contributed by atoms with E-state index in [2.05, 4.69) is 113 Å². The topological polar surface area (TPSA) is 47.6 Å². The molecule has 3 heterocycles. The molecule has 8 aromatic rings. The van der Waals surface area contributed by atoms with Crippen molar-refractivity contribution in [1.82, 2.24) is 4.98 Å². The van der Waals surface area contributed by atoms with Crippen LogP contribution in [0.15, 0.2) is 125 Å². The molecule has 0 saturated carbocycles. The van der Waals surface area contributed by atoms with Crippen LogP contribution >= 0.6 is 0 Å². The van der Waals surface area contributed by atoms with E-state index in [0.717, 1.165) is 55.0 Å². The number of aliphatic imine (C=N–C) groups is 1. The molecule has 0 fully saturated rings. The Hall–Kier alpha value is -5.05. The summed E-state index contributed by atoms with van der Waals surface area (Å²) < 4.78 is 13.2. The summed E-state index contributed by atoms with van der Waals surface area (Å²) in [6.45, 7) is 9.11. The molecule has 0 aliphatic carbocycles. The third-order valence-electron chi connectivity index (χ3n) is 9.81. The standard InChI is InChI=1S/C45H34N2O2.Pt/c1-26(2)31-17-10-18-32(27(3)4)40(31)42-34-15-5-7-19-37(34)47-44(42)29-12-9-14-30(24-29)48-39-25-36-33(22-21-28-13-11-23-46-43(28)36)41-35-16-6-8-20-38(35)49-45(39)41;/h5-23,26-27,42H,1-4H3;/q-2;+2. The minimum atomic E-state index is -0.0227. The maximum atomic E-state index is 6.73. The smallest absolute Gasteiger partial charge is 0.497 e. The Morgan fingerprint density at radius 1 is 0.720 bits per heavy atom. The van der Waals surface area contributed by atoms with Crippen molar-refractivity contribution in [3.63, 3.8) is 0 Å². The SMILES string of the molecule is CC(C)c1cccc(C(C)C)c1C1C(c2[c-]c(Oc3[c-]c4c(ccc5cccnc54)c4c3oc3ccccc34)ccc2)=Nc2ccccc21.[Pt+2]. The van der Waals surface area contributed by atoms with Crippen molar-refractivity contribution >= 4 is 55.0 Å². The summed E-state index contributed by atoms with van der Waals surface area (Å²) >= 11 is 0. The van der Waals surface area contributed by atoms with Crippen molar-refractivity contribution in [3.8, 4) is 11.5 Å². The molecule has 1 aliphatic heterocycles. The molecule has 1 aliphatic rings. The van der Waals surface area contributed by atoms with Crippen LogP contribution in [0.5, 0.6) is 11.5 Å². The number of fused-ring (bicyclic) bond motifs is 8. The number of para-hydroxylation sites is 2. The van der Waals surface area contributed by atoms with Gasteiger partial charge in [-0.25, -0.2) is 0 Å². The van der Waals surface area contributed by atoms with Gasteiger partial charge in [0.2, 0.25) is 0 Å². The van der Waals surface area contributed by atoms with Crippen LogP contribution in [0.1, 0.15) is 73.3 Å². The van der Waals surface area contributed by atoms with Crippen molar-refractivity contribution in [2.45, 2.75) is 45.4 Å². The first kappa shape index (κ1) is 32.2. The Morgan fingerprint density at radius 2 is 1.48 bits per heavy atom. The molecule has 1 atom stereocenters. The van der Waals surface area contributed by atoms with E-state index < -0.39 is 0 Å². The molecular formula is C45H34N2O2Pt. The molecular weight excluding hydrogens is 796 g/mol. The fraction of sp³-hybridized carbons (Fsp3) is 0.156. The molecule has 0 N–H and O–H groups in total. The Balaban J connectivity index is 0.00000361. The van der Waals surface area contributed by atoms with E-state index >= 15 is 0 Å². The maximum absolute atomic E-state index is 6.73. The predicted octanol–water partition coefficient (Wildman–Crippen LogP) is 12.2. The van der Waals surface area contributed by atoms with Crippen molar-refractivity contribution in [3.05, 3.63) is 155 Å². The van der Waals surface area contributed by atoms with Gasteiger partial charge in [-0.2, -0.15) is 0 Å². The molecule has 0 radical (unpaired) electrons. The first-order chi connectivity index (χ1) is 24.0. The number of aromatic nitrogens is 1. The zero-order valence-corrected chi connectivity index (χ0v) is 30.5. The van der Waals surface area contributed by atoms with Crippen LogP contribution in [0.25, 0.3) is 43.6 Å². The van der Waals surface area contributed by atoms with E-state index in [-0.39, 0.29) is 27.0 Å². The van der Waals surface area contributed by atoms with Gasteiger partial charge in [-0.05, 0) is 74.3 Å². The third kappa shape index (κ3) is 5.17. The Bertz CT molecular complexity index is 2590. The van der Waals surface area contributed by atoms with Crippen molar-refractivity contribution < 1.29 is 30.2 Å². The second-order valence-electron chi connectivity index (χ2n) is 13.5. The molecule has 0 amide bonds. The number of pyridine rings is 1. The Morgan fingerprint density at radius 3 is 2.30 bits per heavy atom. The molecule has 246 valence electrons. The van der Waals surface area contributed by atoms with E-state index in [9.17, 15) is 0 Å². The van der Waals surface area contributed by atoms with Crippen LogP contribution in [0.3, 0.4) is 0 Å². The van der Waals surface area contributed by atoms with Crippen LogP contribution in [-0.2, 0) is 21.1 Å².